The average Bonchev–Trinajstić information content (AvgIpc) is 2.41. The zero-order valence-corrected chi connectivity index (χ0v) is 13.3. The van der Waals surface area contributed by atoms with Crippen LogP contribution in [0.1, 0.15) is 44.0 Å². The summed E-state index contributed by atoms with van der Waals surface area (Å²) in [7, 11) is 4.09. The van der Waals surface area contributed by atoms with Crippen molar-refractivity contribution < 1.29 is 0 Å². The normalized spacial score (nSPS) is 20.2. The smallest absolute Gasteiger partial charge is 0.135 e. The van der Waals surface area contributed by atoms with Gasteiger partial charge in [0.05, 0.1) is 0 Å². The lowest BCUT2D eigenvalue weighted by atomic mass is 10.1. The highest BCUT2D eigenvalue weighted by atomic mass is 15.2. The number of rotatable bonds is 4. The van der Waals surface area contributed by atoms with Crippen molar-refractivity contribution in [2.45, 2.75) is 45.6 Å². The molecule has 2 heterocycles. The number of piperidine rings is 1. The summed E-state index contributed by atoms with van der Waals surface area (Å²) in [5.41, 5.74) is 1.10. The minimum absolute atomic E-state index is 0.331. The van der Waals surface area contributed by atoms with Crippen LogP contribution in [0.3, 0.4) is 0 Å². The Balaban J connectivity index is 2.23. The number of likely N-dealkylation sites (tertiary alicyclic amines) is 1. The first-order chi connectivity index (χ1) is 9.51. The summed E-state index contributed by atoms with van der Waals surface area (Å²) < 4.78 is 0. The molecule has 1 atom stereocenters. The van der Waals surface area contributed by atoms with E-state index in [9.17, 15) is 0 Å². The molecule has 0 amide bonds. The van der Waals surface area contributed by atoms with Crippen LogP contribution in [0.15, 0.2) is 0 Å². The van der Waals surface area contributed by atoms with Gasteiger partial charge in [0.25, 0.3) is 0 Å². The first-order valence-corrected chi connectivity index (χ1v) is 7.52. The van der Waals surface area contributed by atoms with Gasteiger partial charge < -0.3 is 15.5 Å². The highest BCUT2D eigenvalue weighted by Crippen LogP contribution is 2.24. The van der Waals surface area contributed by atoms with Crippen molar-refractivity contribution in [3.05, 3.63) is 11.4 Å². The van der Waals surface area contributed by atoms with E-state index in [0.29, 0.717) is 12.0 Å². The summed E-state index contributed by atoms with van der Waals surface area (Å²) in [4.78, 5) is 11.7. The second-order valence-electron chi connectivity index (χ2n) is 6.05. The van der Waals surface area contributed by atoms with Crippen molar-refractivity contribution in [2.24, 2.45) is 0 Å². The van der Waals surface area contributed by atoms with Crippen LogP contribution < -0.4 is 10.6 Å². The van der Waals surface area contributed by atoms with Gasteiger partial charge in [0.15, 0.2) is 0 Å². The number of nitrogens with zero attached hydrogens (tertiary/aromatic N) is 3. The van der Waals surface area contributed by atoms with E-state index in [1.165, 1.54) is 19.4 Å². The Labute approximate surface area is 122 Å². The number of aromatic nitrogens is 2. The molecule has 1 aromatic rings. The third-order valence-corrected chi connectivity index (χ3v) is 3.88. The fraction of sp³-hybridized carbons (Fsp3) is 0.733. The first-order valence-electron chi connectivity index (χ1n) is 7.52. The molecule has 1 saturated heterocycles. The predicted molar refractivity (Wildman–Crippen MR) is 84.5 cm³/mol. The van der Waals surface area contributed by atoms with E-state index in [1.807, 2.05) is 7.05 Å². The summed E-state index contributed by atoms with van der Waals surface area (Å²) in [5, 5.41) is 6.79. The molecule has 0 radical (unpaired) electrons. The molecule has 2 N–H and O–H groups in total. The van der Waals surface area contributed by atoms with Crippen LogP contribution in [0.25, 0.3) is 0 Å². The minimum atomic E-state index is 0.331. The van der Waals surface area contributed by atoms with E-state index >= 15 is 0 Å². The molecule has 0 bridgehead atoms. The maximum absolute atomic E-state index is 4.72. The SMILES string of the molecule is CNc1nc(C(C)C)nc(NC2CCCN(C)C2)c1C. The van der Waals surface area contributed by atoms with Gasteiger partial charge in [0.1, 0.15) is 17.5 Å². The lowest BCUT2D eigenvalue weighted by molar-refractivity contribution is 0.260. The Kier molecular flexibility index (Phi) is 4.81. The third-order valence-electron chi connectivity index (χ3n) is 3.88. The van der Waals surface area contributed by atoms with E-state index in [1.54, 1.807) is 0 Å². The molecule has 1 unspecified atom stereocenters. The van der Waals surface area contributed by atoms with Crippen molar-refractivity contribution >= 4 is 11.6 Å². The maximum Gasteiger partial charge on any atom is 0.135 e. The Bertz CT molecular complexity index is 458. The molecule has 1 aliphatic rings. The monoisotopic (exact) mass is 277 g/mol. The molecule has 1 fully saturated rings. The van der Waals surface area contributed by atoms with Crippen LogP contribution in [0.2, 0.25) is 0 Å². The van der Waals surface area contributed by atoms with Gasteiger partial charge in [0.2, 0.25) is 0 Å². The standard InChI is InChI=1S/C15H27N5/c1-10(2)13-18-14(16-4)11(3)15(19-13)17-12-7-6-8-20(5)9-12/h10,12H,6-9H2,1-5H3,(H2,16,17,18,19). The summed E-state index contributed by atoms with van der Waals surface area (Å²) in [6.45, 7) is 8.60. The van der Waals surface area contributed by atoms with Gasteiger partial charge in [-0.05, 0) is 33.4 Å². The summed E-state index contributed by atoms with van der Waals surface area (Å²) >= 11 is 0. The number of hydrogen-bond donors (Lipinski definition) is 2. The molecule has 0 spiro atoms. The maximum atomic E-state index is 4.72. The number of nitrogens with one attached hydrogen (secondary N) is 2. The second kappa shape index (κ2) is 6.39. The Hall–Kier alpha value is -1.36. The molecule has 5 nitrogen and oxygen atoms in total. The molecule has 0 aliphatic carbocycles. The first kappa shape index (κ1) is 15.0. The average molecular weight is 277 g/mol. The third kappa shape index (κ3) is 3.39. The number of hydrogen-bond acceptors (Lipinski definition) is 5. The van der Waals surface area contributed by atoms with Gasteiger partial charge in [-0.25, -0.2) is 9.97 Å². The highest BCUT2D eigenvalue weighted by molar-refractivity contribution is 5.57. The summed E-state index contributed by atoms with van der Waals surface area (Å²) in [6, 6.07) is 0.479. The predicted octanol–water partition coefficient (Wildman–Crippen LogP) is 2.46. The van der Waals surface area contributed by atoms with Crippen LogP contribution in [-0.4, -0.2) is 48.1 Å². The molecule has 1 aliphatic heterocycles. The topological polar surface area (TPSA) is 53.1 Å². The number of likely N-dealkylation sites (N-methyl/N-ethyl adjacent to an activating group) is 1. The summed E-state index contributed by atoms with van der Waals surface area (Å²) in [5.74, 6) is 3.13. The van der Waals surface area contributed by atoms with Gasteiger partial charge in [0, 0.05) is 31.1 Å². The zero-order valence-electron chi connectivity index (χ0n) is 13.3. The molecule has 0 aromatic carbocycles. The van der Waals surface area contributed by atoms with Gasteiger partial charge in [-0.2, -0.15) is 0 Å². The molecule has 1 aromatic heterocycles. The summed E-state index contributed by atoms with van der Waals surface area (Å²) in [6.07, 6.45) is 2.45. The van der Waals surface area contributed by atoms with Gasteiger partial charge in [-0.3, -0.25) is 0 Å². The van der Waals surface area contributed by atoms with Crippen LogP contribution in [0.5, 0.6) is 0 Å². The van der Waals surface area contributed by atoms with E-state index in [4.69, 9.17) is 4.98 Å². The molecule has 5 heteroatoms. The van der Waals surface area contributed by atoms with Crippen LogP contribution in [-0.2, 0) is 0 Å². The van der Waals surface area contributed by atoms with Crippen molar-refractivity contribution in [3.8, 4) is 0 Å². The van der Waals surface area contributed by atoms with Gasteiger partial charge in [-0.1, -0.05) is 13.8 Å². The largest absolute Gasteiger partial charge is 0.373 e. The molecular weight excluding hydrogens is 250 g/mol. The quantitative estimate of drug-likeness (QED) is 0.885. The van der Waals surface area contributed by atoms with Crippen molar-refractivity contribution in [2.75, 3.05) is 37.8 Å². The van der Waals surface area contributed by atoms with Crippen LogP contribution in [0.4, 0.5) is 11.6 Å². The van der Waals surface area contributed by atoms with E-state index < -0.39 is 0 Å². The van der Waals surface area contributed by atoms with Crippen LogP contribution in [0, 0.1) is 6.92 Å². The minimum Gasteiger partial charge on any atom is -0.373 e. The fourth-order valence-electron chi connectivity index (χ4n) is 2.65. The second-order valence-corrected chi connectivity index (χ2v) is 6.05. The van der Waals surface area contributed by atoms with Crippen molar-refractivity contribution in [1.82, 2.24) is 14.9 Å². The molecule has 2 rings (SSSR count). The van der Waals surface area contributed by atoms with E-state index in [0.717, 1.165) is 29.6 Å². The molecular formula is C15H27N5. The fourth-order valence-corrected chi connectivity index (χ4v) is 2.65. The lowest BCUT2D eigenvalue weighted by Gasteiger charge is -2.31. The lowest BCUT2D eigenvalue weighted by Crippen LogP contribution is -2.40. The van der Waals surface area contributed by atoms with Gasteiger partial charge >= 0.3 is 0 Å². The van der Waals surface area contributed by atoms with Crippen molar-refractivity contribution in [1.29, 1.82) is 0 Å². The highest BCUT2D eigenvalue weighted by Gasteiger charge is 2.20. The Morgan fingerprint density at radius 2 is 1.95 bits per heavy atom. The number of anilines is 2. The Morgan fingerprint density at radius 1 is 1.25 bits per heavy atom. The van der Waals surface area contributed by atoms with Gasteiger partial charge in [-0.15, -0.1) is 0 Å². The van der Waals surface area contributed by atoms with E-state index in [-0.39, 0.29) is 0 Å². The van der Waals surface area contributed by atoms with Crippen molar-refractivity contribution in [3.63, 3.8) is 0 Å². The Morgan fingerprint density at radius 3 is 2.55 bits per heavy atom. The van der Waals surface area contributed by atoms with E-state index in [2.05, 4.69) is 48.3 Å². The molecule has 0 saturated carbocycles. The molecule has 112 valence electrons. The molecule has 20 heavy (non-hydrogen) atoms. The zero-order chi connectivity index (χ0) is 14.7. The van der Waals surface area contributed by atoms with Crippen LogP contribution >= 0.6 is 0 Å².